The Hall–Kier alpha value is -1.56. The third-order valence-corrected chi connectivity index (χ3v) is 4.08. The van der Waals surface area contributed by atoms with Crippen molar-refractivity contribution in [3.05, 3.63) is 11.8 Å². The molecule has 2 aliphatic rings. The first kappa shape index (κ1) is 13.4. The lowest BCUT2D eigenvalue weighted by atomic mass is 9.99. The summed E-state index contributed by atoms with van der Waals surface area (Å²) in [5, 5.41) is 13.5. The van der Waals surface area contributed by atoms with E-state index in [-0.39, 0.29) is 18.6 Å². The van der Waals surface area contributed by atoms with Crippen LogP contribution < -0.4 is 4.74 Å². The van der Waals surface area contributed by atoms with Crippen LogP contribution in [0.5, 0.6) is 5.88 Å². The fraction of sp³-hybridized carbons (Fsp3) is 0.714. The molecule has 1 aromatic heterocycles. The highest BCUT2D eigenvalue weighted by Gasteiger charge is 2.29. The molecule has 0 radical (unpaired) electrons. The average molecular weight is 279 g/mol. The number of amides is 1. The molecule has 3 rings (SSSR count). The Bertz CT molecular complexity index is 461. The van der Waals surface area contributed by atoms with Gasteiger partial charge in [-0.25, -0.2) is 4.68 Å². The largest absolute Gasteiger partial charge is 0.478 e. The SMILES string of the molecule is O=C(c1cc2n(n1)CCCO2)N1CCCCC1CCO. The standard InChI is InChI=1S/C14H21N3O3/c18-8-5-11-4-1-2-6-16(11)14(19)12-10-13-17(15-12)7-3-9-20-13/h10-11,18H,1-9H2. The summed E-state index contributed by atoms with van der Waals surface area (Å²) in [4.78, 5) is 14.5. The predicted octanol–water partition coefficient (Wildman–Crippen LogP) is 1.04. The molecule has 1 saturated heterocycles. The minimum Gasteiger partial charge on any atom is -0.478 e. The molecule has 1 fully saturated rings. The molecule has 1 aromatic rings. The number of nitrogens with zero attached hydrogens (tertiary/aromatic N) is 3. The van der Waals surface area contributed by atoms with Crippen molar-refractivity contribution >= 4 is 5.91 Å². The molecule has 6 nitrogen and oxygen atoms in total. The quantitative estimate of drug-likeness (QED) is 0.898. The van der Waals surface area contributed by atoms with Gasteiger partial charge in [-0.2, -0.15) is 5.10 Å². The topological polar surface area (TPSA) is 67.6 Å². The van der Waals surface area contributed by atoms with E-state index in [1.54, 1.807) is 10.7 Å². The van der Waals surface area contributed by atoms with Crippen molar-refractivity contribution in [3.63, 3.8) is 0 Å². The van der Waals surface area contributed by atoms with Gasteiger partial charge < -0.3 is 14.7 Å². The Morgan fingerprint density at radius 3 is 3.10 bits per heavy atom. The maximum absolute atomic E-state index is 12.6. The van der Waals surface area contributed by atoms with Crippen molar-refractivity contribution in [1.82, 2.24) is 14.7 Å². The van der Waals surface area contributed by atoms with Gasteiger partial charge >= 0.3 is 0 Å². The summed E-state index contributed by atoms with van der Waals surface area (Å²) >= 11 is 0. The number of carbonyl (C=O) groups excluding carboxylic acids is 1. The number of hydrogen-bond donors (Lipinski definition) is 1. The van der Waals surface area contributed by atoms with Crippen LogP contribution in [0.2, 0.25) is 0 Å². The van der Waals surface area contributed by atoms with Crippen LogP contribution in [0, 0.1) is 0 Å². The second-order valence-electron chi connectivity index (χ2n) is 5.45. The van der Waals surface area contributed by atoms with Crippen LogP contribution in [0.15, 0.2) is 6.07 Å². The summed E-state index contributed by atoms with van der Waals surface area (Å²) in [5.74, 6) is 0.656. The van der Waals surface area contributed by atoms with Crippen LogP contribution in [0.3, 0.4) is 0 Å². The Kier molecular flexibility index (Phi) is 3.91. The van der Waals surface area contributed by atoms with Crippen LogP contribution in [0.25, 0.3) is 0 Å². The molecule has 0 saturated carbocycles. The van der Waals surface area contributed by atoms with Crippen LogP contribution >= 0.6 is 0 Å². The monoisotopic (exact) mass is 279 g/mol. The Morgan fingerprint density at radius 2 is 2.30 bits per heavy atom. The molecular weight excluding hydrogens is 258 g/mol. The molecule has 20 heavy (non-hydrogen) atoms. The number of aliphatic hydroxyl groups is 1. The number of aliphatic hydroxyl groups excluding tert-OH is 1. The van der Waals surface area contributed by atoms with Crippen molar-refractivity contribution in [1.29, 1.82) is 0 Å². The number of rotatable bonds is 3. The van der Waals surface area contributed by atoms with Crippen LogP contribution in [0.4, 0.5) is 0 Å². The number of hydrogen-bond acceptors (Lipinski definition) is 4. The van der Waals surface area contributed by atoms with Gasteiger partial charge in [0.15, 0.2) is 5.69 Å². The Labute approximate surface area is 118 Å². The zero-order chi connectivity index (χ0) is 13.9. The molecule has 110 valence electrons. The molecule has 0 bridgehead atoms. The number of aryl methyl sites for hydroxylation is 1. The highest BCUT2D eigenvalue weighted by atomic mass is 16.5. The van der Waals surface area contributed by atoms with Crippen molar-refractivity contribution < 1.29 is 14.6 Å². The van der Waals surface area contributed by atoms with Gasteiger partial charge in [0.25, 0.3) is 5.91 Å². The second-order valence-corrected chi connectivity index (χ2v) is 5.45. The number of fused-ring (bicyclic) bond motifs is 1. The molecule has 0 aliphatic carbocycles. The maximum atomic E-state index is 12.6. The fourth-order valence-electron chi connectivity index (χ4n) is 3.04. The summed E-state index contributed by atoms with van der Waals surface area (Å²) in [7, 11) is 0. The zero-order valence-electron chi connectivity index (χ0n) is 11.6. The number of aromatic nitrogens is 2. The summed E-state index contributed by atoms with van der Waals surface area (Å²) in [6.45, 7) is 2.38. The Balaban J connectivity index is 1.78. The molecule has 1 atom stereocenters. The highest BCUT2D eigenvalue weighted by Crippen LogP contribution is 2.24. The van der Waals surface area contributed by atoms with Crippen molar-refractivity contribution in [2.75, 3.05) is 19.8 Å². The van der Waals surface area contributed by atoms with Gasteiger partial charge in [0.05, 0.1) is 6.61 Å². The molecule has 1 N–H and O–H groups in total. The van der Waals surface area contributed by atoms with Crippen molar-refractivity contribution in [2.45, 2.75) is 44.7 Å². The van der Waals surface area contributed by atoms with E-state index < -0.39 is 0 Å². The lowest BCUT2D eigenvalue weighted by molar-refractivity contribution is 0.0567. The third-order valence-electron chi connectivity index (χ3n) is 4.08. The van der Waals surface area contributed by atoms with E-state index in [2.05, 4.69) is 5.10 Å². The van der Waals surface area contributed by atoms with Crippen molar-refractivity contribution in [2.24, 2.45) is 0 Å². The Morgan fingerprint density at radius 1 is 1.40 bits per heavy atom. The summed E-state index contributed by atoms with van der Waals surface area (Å²) in [6.07, 6.45) is 4.69. The first-order chi connectivity index (χ1) is 9.79. The minimum absolute atomic E-state index is 0.0337. The first-order valence-electron chi connectivity index (χ1n) is 7.42. The minimum atomic E-state index is -0.0337. The number of piperidine rings is 1. The molecule has 0 aromatic carbocycles. The maximum Gasteiger partial charge on any atom is 0.274 e. The van der Waals surface area contributed by atoms with E-state index in [9.17, 15) is 4.79 Å². The van der Waals surface area contributed by atoms with Gasteiger partial charge in [-0.1, -0.05) is 0 Å². The van der Waals surface area contributed by atoms with Gasteiger partial charge in [-0.05, 0) is 25.7 Å². The van der Waals surface area contributed by atoms with Gasteiger partial charge in [-0.15, -0.1) is 0 Å². The molecule has 6 heteroatoms. The van der Waals surface area contributed by atoms with Crippen LogP contribution in [0.1, 0.15) is 42.6 Å². The van der Waals surface area contributed by atoms with Crippen LogP contribution in [-0.2, 0) is 6.54 Å². The van der Waals surface area contributed by atoms with E-state index >= 15 is 0 Å². The zero-order valence-corrected chi connectivity index (χ0v) is 11.6. The van der Waals surface area contributed by atoms with Gasteiger partial charge in [-0.3, -0.25) is 4.79 Å². The van der Waals surface area contributed by atoms with Gasteiger partial charge in [0, 0.05) is 38.2 Å². The molecule has 1 unspecified atom stereocenters. The molecule has 2 aliphatic heterocycles. The first-order valence-corrected chi connectivity index (χ1v) is 7.42. The molecule has 0 spiro atoms. The van der Waals surface area contributed by atoms with E-state index in [0.717, 1.165) is 38.8 Å². The number of ether oxygens (including phenoxy) is 1. The van der Waals surface area contributed by atoms with Crippen molar-refractivity contribution in [3.8, 4) is 5.88 Å². The van der Waals surface area contributed by atoms with Gasteiger partial charge in [0.2, 0.25) is 5.88 Å². The summed E-state index contributed by atoms with van der Waals surface area (Å²) < 4.78 is 7.27. The summed E-state index contributed by atoms with van der Waals surface area (Å²) in [5.41, 5.74) is 0.465. The van der Waals surface area contributed by atoms with E-state index in [1.165, 1.54) is 0 Å². The molecular formula is C14H21N3O3. The second kappa shape index (κ2) is 5.83. The highest BCUT2D eigenvalue weighted by molar-refractivity contribution is 5.93. The lowest BCUT2D eigenvalue weighted by Gasteiger charge is -2.35. The fourth-order valence-corrected chi connectivity index (χ4v) is 3.04. The van der Waals surface area contributed by atoms with E-state index in [4.69, 9.17) is 9.84 Å². The number of carbonyl (C=O) groups is 1. The third kappa shape index (κ3) is 2.52. The molecule has 3 heterocycles. The smallest absolute Gasteiger partial charge is 0.274 e. The van der Waals surface area contributed by atoms with Crippen LogP contribution in [-0.4, -0.2) is 51.5 Å². The normalized spacial score (nSPS) is 22.2. The van der Waals surface area contributed by atoms with E-state index in [0.29, 0.717) is 24.6 Å². The summed E-state index contributed by atoms with van der Waals surface area (Å²) in [6, 6.07) is 1.88. The molecule has 1 amide bonds. The predicted molar refractivity (Wildman–Crippen MR) is 72.7 cm³/mol. The average Bonchev–Trinajstić information content (AvgIpc) is 2.91. The van der Waals surface area contributed by atoms with Gasteiger partial charge in [0.1, 0.15) is 0 Å². The lowest BCUT2D eigenvalue weighted by Crippen LogP contribution is -2.44. The van der Waals surface area contributed by atoms with E-state index in [1.807, 2.05) is 4.90 Å². The number of likely N-dealkylation sites (tertiary alicyclic amines) is 1.